The number of nitrogens with one attached hydrogen (secondary N) is 2. The number of hydrogen-bond acceptors (Lipinski definition) is 5. The quantitative estimate of drug-likeness (QED) is 0.832. The van der Waals surface area contributed by atoms with Gasteiger partial charge in [0.2, 0.25) is 5.75 Å². The molecule has 1 fully saturated rings. The number of nitrogens with zero attached hydrogens (tertiary/aromatic N) is 2. The molecule has 1 heterocycles. The Morgan fingerprint density at radius 2 is 2.14 bits per heavy atom. The maximum absolute atomic E-state index is 11.8. The van der Waals surface area contributed by atoms with E-state index in [1.54, 1.807) is 0 Å². The molecule has 6 heteroatoms. The molecule has 2 N–H and O–H groups in total. The van der Waals surface area contributed by atoms with Crippen LogP contribution in [0.15, 0.2) is 11.1 Å². The second kappa shape index (κ2) is 7.45. The minimum Gasteiger partial charge on any atom is -0.489 e. The fourth-order valence-corrected chi connectivity index (χ4v) is 3.00. The molecule has 0 aromatic carbocycles. The Morgan fingerprint density at radius 3 is 2.76 bits per heavy atom. The zero-order valence-corrected chi connectivity index (χ0v) is 13.2. The van der Waals surface area contributed by atoms with Gasteiger partial charge in [-0.3, -0.25) is 4.79 Å². The van der Waals surface area contributed by atoms with Crippen LogP contribution in [0.4, 0.5) is 5.82 Å². The molecule has 0 saturated heterocycles. The highest BCUT2D eigenvalue weighted by Crippen LogP contribution is 2.28. The van der Waals surface area contributed by atoms with Gasteiger partial charge in [-0.2, -0.15) is 0 Å². The molecule has 0 amide bonds. The molecular formula is C15H26N4O2. The Hall–Kier alpha value is -1.56. The summed E-state index contributed by atoms with van der Waals surface area (Å²) in [5.41, 5.74) is -0.229. The largest absolute Gasteiger partial charge is 0.489 e. The van der Waals surface area contributed by atoms with Crippen molar-refractivity contribution < 1.29 is 4.74 Å². The van der Waals surface area contributed by atoms with Gasteiger partial charge in [-0.15, -0.1) is 0 Å². The number of ether oxygens (including phenoxy) is 1. The Kier molecular flexibility index (Phi) is 5.61. The van der Waals surface area contributed by atoms with Crippen LogP contribution in [0.2, 0.25) is 0 Å². The van der Waals surface area contributed by atoms with Gasteiger partial charge in [0.15, 0.2) is 5.82 Å². The molecular weight excluding hydrogens is 268 g/mol. The summed E-state index contributed by atoms with van der Waals surface area (Å²) in [5.74, 6) is 0.928. The highest BCUT2D eigenvalue weighted by molar-refractivity contribution is 5.50. The molecule has 6 nitrogen and oxygen atoms in total. The molecule has 118 valence electrons. The predicted molar refractivity (Wildman–Crippen MR) is 84.2 cm³/mol. The molecule has 0 unspecified atom stereocenters. The molecule has 1 saturated carbocycles. The molecule has 1 aliphatic rings. The summed E-state index contributed by atoms with van der Waals surface area (Å²) in [4.78, 5) is 20.7. The standard InChI is InChI=1S/C15H26N4O2/c1-4-9-16-11-5-7-12(8-6-11)19(2)14-13(21-3)15(20)18-10-17-14/h10-12,16H,4-9H2,1-3H3,(H,17,18,20). The number of hydrogen-bond donors (Lipinski definition) is 2. The summed E-state index contributed by atoms with van der Waals surface area (Å²) in [6.07, 6.45) is 7.16. The summed E-state index contributed by atoms with van der Waals surface area (Å²) in [6, 6.07) is 1.04. The Bertz CT molecular complexity index is 495. The summed E-state index contributed by atoms with van der Waals surface area (Å²) in [5, 5.41) is 3.59. The van der Waals surface area contributed by atoms with Crippen LogP contribution in [0.3, 0.4) is 0 Å². The molecule has 1 aliphatic carbocycles. The van der Waals surface area contributed by atoms with E-state index in [1.807, 2.05) is 7.05 Å². The Balaban J connectivity index is 2.00. The molecule has 0 bridgehead atoms. The fraction of sp³-hybridized carbons (Fsp3) is 0.733. The first-order valence-corrected chi connectivity index (χ1v) is 7.75. The van der Waals surface area contributed by atoms with Gasteiger partial charge in [0.25, 0.3) is 5.56 Å². The van der Waals surface area contributed by atoms with Crippen molar-refractivity contribution in [3.05, 3.63) is 16.7 Å². The van der Waals surface area contributed by atoms with Crippen molar-refractivity contribution in [1.29, 1.82) is 0 Å². The average Bonchev–Trinajstić information content (AvgIpc) is 2.52. The summed E-state index contributed by atoms with van der Waals surface area (Å²) < 4.78 is 5.20. The minimum absolute atomic E-state index is 0.229. The van der Waals surface area contributed by atoms with Gasteiger partial charge in [-0.25, -0.2) is 4.98 Å². The zero-order chi connectivity index (χ0) is 15.2. The normalized spacial score (nSPS) is 22.0. The maximum atomic E-state index is 11.8. The van der Waals surface area contributed by atoms with Crippen molar-refractivity contribution in [2.24, 2.45) is 0 Å². The Morgan fingerprint density at radius 1 is 1.43 bits per heavy atom. The first-order chi connectivity index (χ1) is 10.2. The highest BCUT2D eigenvalue weighted by atomic mass is 16.5. The number of anilines is 1. The second-order valence-corrected chi connectivity index (χ2v) is 5.66. The smallest absolute Gasteiger partial charge is 0.295 e. The molecule has 0 aliphatic heterocycles. The van der Waals surface area contributed by atoms with Gasteiger partial charge >= 0.3 is 0 Å². The molecule has 1 aromatic heterocycles. The molecule has 0 spiro atoms. The molecule has 1 aromatic rings. The van der Waals surface area contributed by atoms with Crippen LogP contribution < -0.4 is 20.5 Å². The van der Waals surface area contributed by atoms with E-state index in [1.165, 1.54) is 32.7 Å². The van der Waals surface area contributed by atoms with Crippen molar-refractivity contribution in [3.8, 4) is 5.75 Å². The number of rotatable bonds is 6. The van der Waals surface area contributed by atoms with Crippen molar-refractivity contribution >= 4 is 5.82 Å². The fourth-order valence-electron chi connectivity index (χ4n) is 3.00. The van der Waals surface area contributed by atoms with E-state index in [2.05, 4.69) is 27.1 Å². The number of methoxy groups -OCH3 is 1. The van der Waals surface area contributed by atoms with Crippen LogP contribution >= 0.6 is 0 Å². The SMILES string of the molecule is CCCNC1CCC(N(C)c2nc[nH]c(=O)c2OC)CC1. The molecule has 0 radical (unpaired) electrons. The number of aromatic amines is 1. The summed E-state index contributed by atoms with van der Waals surface area (Å²) in [7, 11) is 3.50. The number of H-pyrrole nitrogens is 1. The van der Waals surface area contributed by atoms with Crippen LogP contribution in [0, 0.1) is 0 Å². The van der Waals surface area contributed by atoms with Crippen LogP contribution in [0.25, 0.3) is 0 Å². The van der Waals surface area contributed by atoms with E-state index in [4.69, 9.17) is 4.74 Å². The lowest BCUT2D eigenvalue weighted by Gasteiger charge is -2.35. The van der Waals surface area contributed by atoms with E-state index in [0.717, 1.165) is 19.4 Å². The predicted octanol–water partition coefficient (Wildman–Crippen LogP) is 1.53. The lowest BCUT2D eigenvalue weighted by molar-refractivity contribution is 0.334. The van der Waals surface area contributed by atoms with Crippen molar-refractivity contribution in [2.45, 2.75) is 51.1 Å². The van der Waals surface area contributed by atoms with Gasteiger partial charge in [0, 0.05) is 19.1 Å². The van der Waals surface area contributed by atoms with E-state index in [9.17, 15) is 4.79 Å². The van der Waals surface area contributed by atoms with Crippen LogP contribution in [0.5, 0.6) is 5.75 Å². The van der Waals surface area contributed by atoms with Gasteiger partial charge in [0.05, 0.1) is 13.4 Å². The average molecular weight is 294 g/mol. The first kappa shape index (κ1) is 15.8. The lowest BCUT2D eigenvalue weighted by atomic mass is 9.90. The highest BCUT2D eigenvalue weighted by Gasteiger charge is 2.26. The molecule has 21 heavy (non-hydrogen) atoms. The monoisotopic (exact) mass is 294 g/mol. The third-order valence-electron chi connectivity index (χ3n) is 4.26. The second-order valence-electron chi connectivity index (χ2n) is 5.66. The van der Waals surface area contributed by atoms with Crippen LogP contribution in [0.1, 0.15) is 39.0 Å². The van der Waals surface area contributed by atoms with Gasteiger partial charge in [0.1, 0.15) is 0 Å². The van der Waals surface area contributed by atoms with Crippen molar-refractivity contribution in [2.75, 3.05) is 25.6 Å². The van der Waals surface area contributed by atoms with Gasteiger partial charge < -0.3 is 19.9 Å². The lowest BCUT2D eigenvalue weighted by Crippen LogP contribution is -2.41. The van der Waals surface area contributed by atoms with E-state index in [0.29, 0.717) is 23.7 Å². The summed E-state index contributed by atoms with van der Waals surface area (Å²) in [6.45, 7) is 3.28. The van der Waals surface area contributed by atoms with E-state index in [-0.39, 0.29) is 5.56 Å². The van der Waals surface area contributed by atoms with Gasteiger partial charge in [-0.05, 0) is 38.6 Å². The number of aromatic nitrogens is 2. The Labute approximate surface area is 125 Å². The molecule has 0 atom stereocenters. The minimum atomic E-state index is -0.229. The van der Waals surface area contributed by atoms with Crippen molar-refractivity contribution in [3.63, 3.8) is 0 Å². The third-order valence-corrected chi connectivity index (χ3v) is 4.26. The van der Waals surface area contributed by atoms with Crippen LogP contribution in [-0.4, -0.2) is 42.8 Å². The van der Waals surface area contributed by atoms with Gasteiger partial charge in [-0.1, -0.05) is 6.92 Å². The zero-order valence-electron chi connectivity index (χ0n) is 13.2. The topological polar surface area (TPSA) is 70.2 Å². The van der Waals surface area contributed by atoms with E-state index >= 15 is 0 Å². The van der Waals surface area contributed by atoms with Crippen molar-refractivity contribution in [1.82, 2.24) is 15.3 Å². The van der Waals surface area contributed by atoms with E-state index < -0.39 is 0 Å². The first-order valence-electron chi connectivity index (χ1n) is 7.75. The third kappa shape index (κ3) is 3.75. The maximum Gasteiger partial charge on any atom is 0.295 e. The molecule has 2 rings (SSSR count). The summed E-state index contributed by atoms with van der Waals surface area (Å²) >= 11 is 0. The van der Waals surface area contributed by atoms with Crippen LogP contribution in [-0.2, 0) is 0 Å².